The Kier molecular flexibility index (Phi) is 6.92. The molecule has 1 N–H and O–H groups in total. The van der Waals surface area contributed by atoms with Crippen molar-refractivity contribution in [2.75, 3.05) is 18.5 Å². The predicted molar refractivity (Wildman–Crippen MR) is 88.7 cm³/mol. The van der Waals surface area contributed by atoms with E-state index in [0.717, 1.165) is 12.8 Å². The SMILES string of the molecule is CCCCOc1cccc(Nc2ncc(C(F)(F)F)c(OCC(F)(F)F)n2)c1. The van der Waals surface area contributed by atoms with Crippen LogP contribution in [0.2, 0.25) is 0 Å². The van der Waals surface area contributed by atoms with E-state index in [9.17, 15) is 26.3 Å². The summed E-state index contributed by atoms with van der Waals surface area (Å²) in [5.74, 6) is -1.05. The van der Waals surface area contributed by atoms with Gasteiger partial charge < -0.3 is 14.8 Å². The molecule has 0 aliphatic heterocycles. The molecule has 1 aromatic heterocycles. The third-order valence-electron chi connectivity index (χ3n) is 3.29. The normalized spacial score (nSPS) is 12.0. The minimum atomic E-state index is -4.97. The van der Waals surface area contributed by atoms with Crippen LogP contribution < -0.4 is 14.8 Å². The van der Waals surface area contributed by atoms with Crippen LogP contribution in [0.3, 0.4) is 0 Å². The number of unbranched alkanes of at least 4 members (excludes halogenated alkanes) is 1. The highest BCUT2D eigenvalue weighted by Crippen LogP contribution is 2.36. The van der Waals surface area contributed by atoms with Crippen LogP contribution in [0.5, 0.6) is 11.6 Å². The number of halogens is 6. The van der Waals surface area contributed by atoms with Crippen LogP contribution >= 0.6 is 0 Å². The number of aromatic nitrogens is 2. The Morgan fingerprint density at radius 3 is 2.46 bits per heavy atom. The first-order valence-electron chi connectivity index (χ1n) is 8.22. The van der Waals surface area contributed by atoms with Crippen LogP contribution in [0.15, 0.2) is 30.5 Å². The molecular formula is C17H17F6N3O2. The van der Waals surface area contributed by atoms with Crippen molar-refractivity contribution in [2.45, 2.75) is 32.1 Å². The van der Waals surface area contributed by atoms with Crippen molar-refractivity contribution in [1.82, 2.24) is 9.97 Å². The Balaban J connectivity index is 2.20. The molecule has 0 saturated heterocycles. The number of ether oxygens (including phenoxy) is 2. The van der Waals surface area contributed by atoms with E-state index in [1.54, 1.807) is 24.3 Å². The van der Waals surface area contributed by atoms with Gasteiger partial charge in [0.15, 0.2) is 6.61 Å². The average Bonchev–Trinajstić information content (AvgIpc) is 2.59. The molecule has 154 valence electrons. The van der Waals surface area contributed by atoms with Gasteiger partial charge >= 0.3 is 12.4 Å². The van der Waals surface area contributed by atoms with Crippen LogP contribution in [0.1, 0.15) is 25.3 Å². The zero-order valence-corrected chi connectivity index (χ0v) is 14.7. The van der Waals surface area contributed by atoms with Gasteiger partial charge in [0.05, 0.1) is 6.61 Å². The molecule has 28 heavy (non-hydrogen) atoms. The van der Waals surface area contributed by atoms with Crippen molar-refractivity contribution in [2.24, 2.45) is 0 Å². The number of alkyl halides is 6. The lowest BCUT2D eigenvalue weighted by Crippen LogP contribution is -2.22. The molecule has 1 heterocycles. The van der Waals surface area contributed by atoms with Gasteiger partial charge in [0.25, 0.3) is 0 Å². The second-order valence-electron chi connectivity index (χ2n) is 5.67. The Bertz CT molecular complexity index is 780. The first-order chi connectivity index (χ1) is 13.1. The van der Waals surface area contributed by atoms with Crippen molar-refractivity contribution < 1.29 is 35.8 Å². The van der Waals surface area contributed by atoms with Crippen molar-refractivity contribution >= 4 is 11.6 Å². The number of nitrogens with zero attached hydrogens (tertiary/aromatic N) is 2. The molecule has 1 aromatic carbocycles. The molecule has 2 rings (SSSR count). The summed E-state index contributed by atoms with van der Waals surface area (Å²) in [6, 6.07) is 6.46. The van der Waals surface area contributed by atoms with Crippen molar-refractivity contribution in [3.05, 3.63) is 36.0 Å². The summed E-state index contributed by atoms with van der Waals surface area (Å²) in [6.45, 7) is 0.585. The maximum absolute atomic E-state index is 12.9. The average molecular weight is 409 g/mol. The first kappa shape index (κ1) is 21.6. The number of anilines is 2. The summed E-state index contributed by atoms with van der Waals surface area (Å²) in [4.78, 5) is 6.94. The van der Waals surface area contributed by atoms with E-state index in [1.165, 1.54) is 0 Å². The van der Waals surface area contributed by atoms with E-state index in [1.807, 2.05) is 6.92 Å². The number of rotatable bonds is 8. The molecule has 11 heteroatoms. The summed E-state index contributed by atoms with van der Waals surface area (Å²) in [6.07, 6.45) is -7.63. The van der Waals surface area contributed by atoms with Gasteiger partial charge in [0.1, 0.15) is 11.3 Å². The molecule has 5 nitrogen and oxygen atoms in total. The smallest absolute Gasteiger partial charge is 0.423 e. The predicted octanol–water partition coefficient (Wildman–Crippen LogP) is 5.36. The van der Waals surface area contributed by atoms with Gasteiger partial charge in [0, 0.05) is 18.0 Å². The number of hydrogen-bond acceptors (Lipinski definition) is 5. The lowest BCUT2D eigenvalue weighted by molar-refractivity contribution is -0.159. The minimum absolute atomic E-state index is 0.351. The first-order valence-corrected chi connectivity index (χ1v) is 8.22. The van der Waals surface area contributed by atoms with Crippen LogP contribution in [-0.2, 0) is 6.18 Å². The highest BCUT2D eigenvalue weighted by molar-refractivity contribution is 5.56. The van der Waals surface area contributed by atoms with Crippen LogP contribution in [0.25, 0.3) is 0 Å². The summed E-state index contributed by atoms with van der Waals surface area (Å²) < 4.78 is 85.5. The number of nitrogens with one attached hydrogen (secondary N) is 1. The second kappa shape index (κ2) is 8.98. The topological polar surface area (TPSA) is 56.3 Å². The molecule has 0 amide bonds. The quantitative estimate of drug-likeness (QED) is 0.470. The lowest BCUT2D eigenvalue weighted by Gasteiger charge is -2.15. The van der Waals surface area contributed by atoms with E-state index in [2.05, 4.69) is 20.0 Å². The molecule has 0 aliphatic carbocycles. The van der Waals surface area contributed by atoms with Crippen LogP contribution in [0, 0.1) is 0 Å². The molecule has 0 spiro atoms. The van der Waals surface area contributed by atoms with Crippen LogP contribution in [0.4, 0.5) is 38.0 Å². The molecule has 0 radical (unpaired) electrons. The molecule has 0 aliphatic rings. The summed E-state index contributed by atoms with van der Waals surface area (Å²) in [7, 11) is 0. The maximum Gasteiger partial charge on any atom is 0.423 e. The van der Waals surface area contributed by atoms with Crippen molar-refractivity contribution in [3.8, 4) is 11.6 Å². The van der Waals surface area contributed by atoms with E-state index in [0.29, 0.717) is 24.2 Å². The van der Waals surface area contributed by atoms with Gasteiger partial charge in [-0.15, -0.1) is 0 Å². The van der Waals surface area contributed by atoms with E-state index in [-0.39, 0.29) is 5.95 Å². The highest BCUT2D eigenvalue weighted by Gasteiger charge is 2.38. The fourth-order valence-electron chi connectivity index (χ4n) is 2.01. The highest BCUT2D eigenvalue weighted by atomic mass is 19.4. The fourth-order valence-corrected chi connectivity index (χ4v) is 2.01. The largest absolute Gasteiger partial charge is 0.494 e. The maximum atomic E-state index is 12.9. The zero-order valence-electron chi connectivity index (χ0n) is 14.7. The third-order valence-corrected chi connectivity index (χ3v) is 3.29. The Hall–Kier alpha value is -2.72. The summed E-state index contributed by atoms with van der Waals surface area (Å²) >= 11 is 0. The Morgan fingerprint density at radius 2 is 1.82 bits per heavy atom. The van der Waals surface area contributed by atoms with E-state index in [4.69, 9.17) is 4.74 Å². The molecular weight excluding hydrogens is 392 g/mol. The van der Waals surface area contributed by atoms with Gasteiger partial charge in [0.2, 0.25) is 11.8 Å². The van der Waals surface area contributed by atoms with Gasteiger partial charge in [-0.05, 0) is 18.6 Å². The number of hydrogen-bond donors (Lipinski definition) is 1. The minimum Gasteiger partial charge on any atom is -0.494 e. The summed E-state index contributed by atoms with van der Waals surface area (Å²) in [5.41, 5.74) is -1.12. The van der Waals surface area contributed by atoms with Gasteiger partial charge in [-0.2, -0.15) is 31.3 Å². The molecule has 0 unspecified atom stereocenters. The Morgan fingerprint density at radius 1 is 1.07 bits per heavy atom. The zero-order chi connectivity index (χ0) is 20.8. The third kappa shape index (κ3) is 6.78. The summed E-state index contributed by atoms with van der Waals surface area (Å²) in [5, 5.41) is 2.62. The number of benzene rings is 1. The monoisotopic (exact) mass is 409 g/mol. The molecule has 0 saturated carbocycles. The molecule has 2 aromatic rings. The lowest BCUT2D eigenvalue weighted by atomic mass is 10.3. The van der Waals surface area contributed by atoms with E-state index >= 15 is 0 Å². The molecule has 0 atom stereocenters. The molecule has 0 bridgehead atoms. The fraction of sp³-hybridized carbons (Fsp3) is 0.412. The van der Waals surface area contributed by atoms with Gasteiger partial charge in [-0.25, -0.2) is 4.98 Å². The van der Waals surface area contributed by atoms with Crippen LogP contribution in [-0.4, -0.2) is 29.4 Å². The van der Waals surface area contributed by atoms with Gasteiger partial charge in [-0.3, -0.25) is 0 Å². The van der Waals surface area contributed by atoms with Crippen molar-refractivity contribution in [1.29, 1.82) is 0 Å². The van der Waals surface area contributed by atoms with Gasteiger partial charge in [-0.1, -0.05) is 19.4 Å². The standard InChI is InChI=1S/C17H17F6N3O2/c1-2-3-7-27-12-6-4-5-11(8-12)25-15-24-9-13(17(21,22)23)14(26-15)28-10-16(18,19)20/h4-6,8-9H,2-3,7,10H2,1H3,(H,24,25,26). The second-order valence-corrected chi connectivity index (χ2v) is 5.67. The van der Waals surface area contributed by atoms with E-state index < -0.39 is 30.4 Å². The molecule has 0 fully saturated rings. The van der Waals surface area contributed by atoms with Crippen molar-refractivity contribution in [3.63, 3.8) is 0 Å². The Labute approximate surface area is 156 Å².